The third-order valence-corrected chi connectivity index (χ3v) is 4.79. The van der Waals surface area contributed by atoms with Gasteiger partial charge in [0.15, 0.2) is 0 Å². The Hall–Kier alpha value is -2.71. The molecule has 1 aliphatic rings. The molecular weight excluding hydrogens is 362 g/mol. The lowest BCUT2D eigenvalue weighted by Gasteiger charge is -2.27. The van der Waals surface area contributed by atoms with Gasteiger partial charge in [-0.1, -0.05) is 13.8 Å². The van der Waals surface area contributed by atoms with Gasteiger partial charge in [-0.05, 0) is 25.2 Å². The maximum Gasteiger partial charge on any atom is 0.243 e. The van der Waals surface area contributed by atoms with E-state index < -0.39 is 24.0 Å². The average Bonchev–Trinajstić information content (AvgIpc) is 3.31. The highest BCUT2D eigenvalue weighted by Gasteiger charge is 2.34. The summed E-state index contributed by atoms with van der Waals surface area (Å²) in [6.45, 7) is 5.89. The Morgan fingerprint density at radius 3 is 2.68 bits per heavy atom. The third-order valence-electron chi connectivity index (χ3n) is 4.79. The summed E-state index contributed by atoms with van der Waals surface area (Å²) >= 11 is 0. The molecule has 1 fully saturated rings. The number of aromatic amines is 1. The second-order valence-electron chi connectivity index (χ2n) is 7.59. The van der Waals surface area contributed by atoms with Crippen molar-refractivity contribution in [1.82, 2.24) is 25.5 Å². The lowest BCUT2D eigenvalue weighted by atomic mass is 10.0. The fourth-order valence-corrected chi connectivity index (χ4v) is 3.44. The minimum atomic E-state index is -0.772. The quantitative estimate of drug-likeness (QED) is 0.518. The Balaban J connectivity index is 2.02. The molecular formula is C19H29N5O4. The molecule has 0 saturated carbocycles. The van der Waals surface area contributed by atoms with Crippen molar-refractivity contribution in [3.05, 3.63) is 18.2 Å². The van der Waals surface area contributed by atoms with Crippen LogP contribution in [0.25, 0.3) is 0 Å². The molecule has 28 heavy (non-hydrogen) atoms. The van der Waals surface area contributed by atoms with E-state index in [1.165, 1.54) is 18.2 Å². The minimum Gasteiger partial charge on any atom is -0.348 e. The van der Waals surface area contributed by atoms with Crippen LogP contribution >= 0.6 is 0 Å². The van der Waals surface area contributed by atoms with Gasteiger partial charge < -0.3 is 25.3 Å². The normalized spacial score (nSPS) is 18.6. The number of carbonyl (C=O) groups excluding carboxylic acids is 4. The van der Waals surface area contributed by atoms with Crippen LogP contribution in [0.1, 0.15) is 45.7 Å². The van der Waals surface area contributed by atoms with E-state index in [4.69, 9.17) is 0 Å². The summed E-state index contributed by atoms with van der Waals surface area (Å²) in [7, 11) is 0. The molecule has 0 unspecified atom stereocenters. The van der Waals surface area contributed by atoms with Gasteiger partial charge in [0, 0.05) is 31.8 Å². The number of hydrogen-bond acceptors (Lipinski definition) is 5. The van der Waals surface area contributed by atoms with E-state index in [2.05, 4.69) is 20.6 Å². The van der Waals surface area contributed by atoms with Crippen molar-refractivity contribution < 1.29 is 19.2 Å². The van der Waals surface area contributed by atoms with Crippen molar-refractivity contribution in [2.45, 2.75) is 64.6 Å². The molecule has 0 bridgehead atoms. The fourth-order valence-electron chi connectivity index (χ4n) is 3.44. The molecule has 3 amide bonds. The largest absolute Gasteiger partial charge is 0.348 e. The van der Waals surface area contributed by atoms with Gasteiger partial charge in [0.1, 0.15) is 18.4 Å². The number of nitrogens with one attached hydrogen (secondary N) is 3. The number of H-pyrrole nitrogens is 1. The molecule has 154 valence electrons. The average molecular weight is 391 g/mol. The molecule has 0 aromatic carbocycles. The maximum atomic E-state index is 12.8. The summed E-state index contributed by atoms with van der Waals surface area (Å²) in [5.41, 5.74) is 0.727. The molecule has 3 atom stereocenters. The highest BCUT2D eigenvalue weighted by Crippen LogP contribution is 2.18. The van der Waals surface area contributed by atoms with E-state index in [1.807, 2.05) is 13.8 Å². The number of aromatic nitrogens is 2. The molecule has 1 saturated heterocycles. The van der Waals surface area contributed by atoms with Gasteiger partial charge in [0.2, 0.25) is 17.7 Å². The van der Waals surface area contributed by atoms with Crippen LogP contribution in [0.4, 0.5) is 0 Å². The Morgan fingerprint density at radius 1 is 1.36 bits per heavy atom. The molecule has 1 aromatic heterocycles. The number of imidazole rings is 1. The smallest absolute Gasteiger partial charge is 0.243 e. The van der Waals surface area contributed by atoms with E-state index >= 15 is 0 Å². The van der Waals surface area contributed by atoms with Crippen LogP contribution in [0.3, 0.4) is 0 Å². The van der Waals surface area contributed by atoms with E-state index in [0.29, 0.717) is 32.1 Å². The molecule has 2 rings (SSSR count). The first kappa shape index (κ1) is 21.6. The zero-order valence-corrected chi connectivity index (χ0v) is 16.6. The minimum absolute atomic E-state index is 0.150. The van der Waals surface area contributed by atoms with E-state index in [0.717, 1.165) is 12.1 Å². The first-order valence-electron chi connectivity index (χ1n) is 9.62. The zero-order chi connectivity index (χ0) is 20.7. The summed E-state index contributed by atoms with van der Waals surface area (Å²) in [5, 5.41) is 5.47. The van der Waals surface area contributed by atoms with Crippen molar-refractivity contribution in [3.8, 4) is 0 Å². The van der Waals surface area contributed by atoms with Crippen LogP contribution in [-0.4, -0.2) is 63.5 Å². The fraction of sp³-hybridized carbons (Fsp3) is 0.632. The van der Waals surface area contributed by atoms with Gasteiger partial charge in [0.25, 0.3) is 0 Å². The molecule has 9 heteroatoms. The lowest BCUT2D eigenvalue weighted by molar-refractivity contribution is -0.138. The number of nitrogens with zero attached hydrogens (tertiary/aromatic N) is 2. The molecule has 3 N–H and O–H groups in total. The second kappa shape index (κ2) is 10.0. The monoisotopic (exact) mass is 391 g/mol. The number of likely N-dealkylation sites (tertiary alicyclic amines) is 1. The number of aldehydes is 1. The van der Waals surface area contributed by atoms with Gasteiger partial charge in [-0.2, -0.15) is 0 Å². The Morgan fingerprint density at radius 2 is 2.11 bits per heavy atom. The van der Waals surface area contributed by atoms with Gasteiger partial charge in [-0.25, -0.2) is 4.98 Å². The van der Waals surface area contributed by atoms with E-state index in [-0.39, 0.29) is 17.7 Å². The summed E-state index contributed by atoms with van der Waals surface area (Å²) < 4.78 is 0. The summed E-state index contributed by atoms with van der Waals surface area (Å²) in [5.74, 6) is -0.732. The van der Waals surface area contributed by atoms with Crippen LogP contribution in [0, 0.1) is 5.92 Å². The summed E-state index contributed by atoms with van der Waals surface area (Å²) in [6, 6.07) is -2.04. The number of rotatable bonds is 9. The van der Waals surface area contributed by atoms with Crippen LogP contribution in [0.2, 0.25) is 0 Å². The third kappa shape index (κ3) is 5.90. The van der Waals surface area contributed by atoms with Gasteiger partial charge in [-0.3, -0.25) is 14.4 Å². The van der Waals surface area contributed by atoms with Crippen molar-refractivity contribution in [2.75, 3.05) is 6.54 Å². The Bertz CT molecular complexity index is 689. The molecule has 1 aromatic rings. The van der Waals surface area contributed by atoms with Gasteiger partial charge in [-0.15, -0.1) is 0 Å². The van der Waals surface area contributed by atoms with Crippen molar-refractivity contribution in [2.24, 2.45) is 5.92 Å². The standard InChI is InChI=1S/C19H29N5O4/c1-12(2)7-16(23-19(28)17-5-4-6-24(17)13(3)26)18(27)22-15(10-25)8-14-9-20-11-21-14/h9-12,15-17H,4-8H2,1-3H3,(H,20,21)(H,22,27)(H,23,28)/t15-,16-,17-/m0/s1. The number of amides is 3. The zero-order valence-electron chi connectivity index (χ0n) is 16.6. The van der Waals surface area contributed by atoms with Crippen molar-refractivity contribution in [3.63, 3.8) is 0 Å². The summed E-state index contributed by atoms with van der Waals surface area (Å²) in [4.78, 5) is 56.9. The van der Waals surface area contributed by atoms with E-state index in [1.54, 1.807) is 6.20 Å². The van der Waals surface area contributed by atoms with Crippen LogP contribution < -0.4 is 10.6 Å². The molecule has 0 spiro atoms. The highest BCUT2D eigenvalue weighted by atomic mass is 16.2. The van der Waals surface area contributed by atoms with Gasteiger partial charge >= 0.3 is 0 Å². The molecule has 2 heterocycles. The Kier molecular flexibility index (Phi) is 7.71. The van der Waals surface area contributed by atoms with Crippen molar-refractivity contribution >= 4 is 24.0 Å². The predicted molar refractivity (Wildman–Crippen MR) is 102 cm³/mol. The van der Waals surface area contributed by atoms with Gasteiger partial charge in [0.05, 0.1) is 12.4 Å². The molecule has 9 nitrogen and oxygen atoms in total. The number of carbonyl (C=O) groups is 4. The van der Waals surface area contributed by atoms with E-state index in [9.17, 15) is 19.2 Å². The van der Waals surface area contributed by atoms with Crippen molar-refractivity contribution in [1.29, 1.82) is 0 Å². The van der Waals surface area contributed by atoms with Crippen LogP contribution in [0.15, 0.2) is 12.5 Å². The summed E-state index contributed by atoms with van der Waals surface area (Å²) in [6.07, 6.45) is 5.82. The molecule has 0 radical (unpaired) electrons. The predicted octanol–water partition coefficient (Wildman–Crippen LogP) is 0.178. The topological polar surface area (TPSA) is 124 Å². The highest BCUT2D eigenvalue weighted by molar-refractivity contribution is 5.92. The Labute approximate surface area is 164 Å². The molecule has 0 aliphatic carbocycles. The van der Waals surface area contributed by atoms with Crippen LogP contribution in [0.5, 0.6) is 0 Å². The number of hydrogen-bond donors (Lipinski definition) is 3. The molecule has 1 aliphatic heterocycles. The second-order valence-corrected chi connectivity index (χ2v) is 7.59. The SMILES string of the molecule is CC(=O)N1CCC[C@H]1C(=O)N[C@@H](CC(C)C)C(=O)N[C@H](C=O)Cc1cnc[nH]1. The lowest BCUT2D eigenvalue weighted by Crippen LogP contribution is -2.55. The first-order valence-corrected chi connectivity index (χ1v) is 9.62. The first-order chi connectivity index (χ1) is 13.3. The van der Waals surface area contributed by atoms with Crippen LogP contribution in [-0.2, 0) is 25.6 Å². The maximum absolute atomic E-state index is 12.8.